The molecule has 0 bridgehead atoms. The quantitative estimate of drug-likeness (QED) is 0.232. The van der Waals surface area contributed by atoms with Crippen LogP contribution in [0.15, 0.2) is 18.2 Å². The van der Waals surface area contributed by atoms with Gasteiger partial charge in [-0.3, -0.25) is 29.4 Å². The first kappa shape index (κ1) is 21.1. The number of fused-ring (bicyclic) bond motifs is 1. The highest BCUT2D eigenvalue weighted by Crippen LogP contribution is 2.33. The number of carbonyl (C=O) groups is 4. The molecule has 2 aliphatic heterocycles. The maximum Gasteiger partial charge on any atom is 0.266 e. The van der Waals surface area contributed by atoms with E-state index in [2.05, 4.69) is 26.5 Å². The highest BCUT2D eigenvalue weighted by Gasteiger charge is 2.45. The number of rotatable bonds is 9. The molecular weight excluding hydrogens is 499 g/mol. The fraction of sp³-hybridized carbons (Fsp3) is 0.444. The van der Waals surface area contributed by atoms with E-state index >= 15 is 0 Å². The molecular formula is C18H19IN2O6S. The summed E-state index contributed by atoms with van der Waals surface area (Å²) in [7, 11) is 1.31. The molecule has 0 aromatic heterocycles. The van der Waals surface area contributed by atoms with Gasteiger partial charge in [-0.05, 0) is 37.8 Å². The molecule has 1 saturated heterocycles. The molecule has 1 aromatic rings. The summed E-state index contributed by atoms with van der Waals surface area (Å²) >= 11 is 2.07. The number of benzene rings is 1. The second kappa shape index (κ2) is 9.70. The molecule has 2 heterocycles. The van der Waals surface area contributed by atoms with E-state index in [9.17, 15) is 19.2 Å². The van der Waals surface area contributed by atoms with Crippen LogP contribution in [0.4, 0.5) is 0 Å². The van der Waals surface area contributed by atoms with Crippen molar-refractivity contribution < 1.29 is 28.1 Å². The first-order valence-corrected chi connectivity index (χ1v) is 12.2. The lowest BCUT2D eigenvalue weighted by molar-refractivity contribution is -0.136. The minimum atomic E-state index is -0.978. The molecule has 1 N–H and O–H groups in total. The zero-order valence-electron chi connectivity index (χ0n) is 14.9. The summed E-state index contributed by atoms with van der Waals surface area (Å²) in [6, 6.07) is 3.87. The molecule has 1 unspecified atom stereocenters. The van der Waals surface area contributed by atoms with Crippen molar-refractivity contribution in [3.63, 3.8) is 0 Å². The number of nitrogens with zero attached hydrogens (tertiary/aromatic N) is 1. The molecule has 0 aliphatic carbocycles. The van der Waals surface area contributed by atoms with Crippen LogP contribution in [0.1, 0.15) is 52.8 Å². The summed E-state index contributed by atoms with van der Waals surface area (Å²) in [5.74, 6) is -1.78. The molecule has 1 fully saturated rings. The van der Waals surface area contributed by atoms with E-state index < -0.39 is 29.7 Å². The Kier molecular flexibility index (Phi) is 7.30. The average Bonchev–Trinajstić information content (AvgIpc) is 2.93. The van der Waals surface area contributed by atoms with Gasteiger partial charge in [-0.25, -0.2) is 0 Å². The molecule has 150 valence electrons. The number of hydrogen-bond donors (Lipinski definition) is 1. The van der Waals surface area contributed by atoms with Gasteiger partial charge in [0.05, 0.1) is 33.6 Å². The van der Waals surface area contributed by atoms with E-state index in [-0.39, 0.29) is 24.0 Å². The van der Waals surface area contributed by atoms with Crippen LogP contribution in [0.5, 0.6) is 5.75 Å². The highest BCUT2D eigenvalue weighted by molar-refractivity contribution is 14.2. The number of amides is 4. The Bertz CT molecular complexity index is 802. The minimum Gasteiger partial charge on any atom is -0.493 e. The third kappa shape index (κ3) is 4.49. The number of halogens is 1. The largest absolute Gasteiger partial charge is 0.493 e. The predicted molar refractivity (Wildman–Crippen MR) is 110 cm³/mol. The van der Waals surface area contributed by atoms with Gasteiger partial charge in [-0.2, -0.15) is 0 Å². The van der Waals surface area contributed by atoms with Gasteiger partial charge in [-0.1, -0.05) is 6.07 Å². The number of carbonyl (C=O) groups excluding carboxylic acids is 4. The summed E-state index contributed by atoms with van der Waals surface area (Å²) in [5.41, 5.74) is 0.404. The molecule has 0 radical (unpaired) electrons. The van der Waals surface area contributed by atoms with Gasteiger partial charge in [-0.15, -0.1) is 0 Å². The van der Waals surface area contributed by atoms with E-state index in [1.165, 1.54) is 9.21 Å². The average molecular weight is 518 g/mol. The van der Waals surface area contributed by atoms with Crippen LogP contribution in [-0.4, -0.2) is 47.8 Å². The lowest BCUT2D eigenvalue weighted by atomic mass is 10.0. The van der Waals surface area contributed by atoms with Crippen molar-refractivity contribution in [2.45, 2.75) is 38.1 Å². The van der Waals surface area contributed by atoms with Gasteiger partial charge in [0.25, 0.3) is 11.8 Å². The Morgan fingerprint density at radius 3 is 2.64 bits per heavy atom. The summed E-state index contributed by atoms with van der Waals surface area (Å²) in [6.07, 6.45) is 2.84. The zero-order chi connectivity index (χ0) is 20.1. The van der Waals surface area contributed by atoms with Crippen LogP contribution in [-0.2, 0) is 13.8 Å². The highest BCUT2D eigenvalue weighted by atomic mass is 127. The second-order valence-corrected chi connectivity index (χ2v) is 7.86. The minimum absolute atomic E-state index is 0.0902. The smallest absolute Gasteiger partial charge is 0.266 e. The number of unbranched alkanes of at least 4 members (excludes halogenated alkanes) is 2. The third-order valence-electron chi connectivity index (χ3n) is 4.60. The van der Waals surface area contributed by atoms with E-state index in [1.54, 1.807) is 18.2 Å². The van der Waals surface area contributed by atoms with Crippen LogP contribution in [0, 0.1) is 0 Å². The summed E-state index contributed by atoms with van der Waals surface area (Å²) in [5, 5.41) is 2.18. The van der Waals surface area contributed by atoms with Gasteiger partial charge >= 0.3 is 0 Å². The summed E-state index contributed by atoms with van der Waals surface area (Å²) < 4.78 is 10.9. The molecule has 28 heavy (non-hydrogen) atoms. The van der Waals surface area contributed by atoms with Crippen molar-refractivity contribution in [3.05, 3.63) is 29.3 Å². The lowest BCUT2D eigenvalue weighted by Gasteiger charge is -2.27. The Morgan fingerprint density at radius 2 is 1.89 bits per heavy atom. The Morgan fingerprint density at radius 1 is 1.11 bits per heavy atom. The summed E-state index contributed by atoms with van der Waals surface area (Å²) in [6.45, 7) is 1.08. The van der Waals surface area contributed by atoms with Crippen molar-refractivity contribution in [2.75, 3.05) is 13.2 Å². The van der Waals surface area contributed by atoms with Crippen molar-refractivity contribution in [3.8, 4) is 5.75 Å². The fourth-order valence-corrected chi connectivity index (χ4v) is 3.98. The molecule has 2 aliphatic rings. The van der Waals surface area contributed by atoms with Crippen LogP contribution in [0.2, 0.25) is 0 Å². The van der Waals surface area contributed by atoms with E-state index in [1.807, 2.05) is 0 Å². The number of imide groups is 2. The van der Waals surface area contributed by atoms with Crippen molar-refractivity contribution >= 4 is 54.0 Å². The van der Waals surface area contributed by atoms with Gasteiger partial charge < -0.3 is 8.92 Å². The van der Waals surface area contributed by atoms with E-state index in [0.29, 0.717) is 19.0 Å². The maximum absolute atomic E-state index is 12.9. The molecule has 0 spiro atoms. The standard InChI is InChI=1S/C18H19IN2O6S/c19-28-27-10-3-1-2-9-26-13-6-4-5-11-15(13)18(25)21(17(11)24)12-7-8-14(22)20-16(12)23/h4-6,12H,1-3,7-10H2,(H,20,22,23). The Labute approximate surface area is 178 Å². The van der Waals surface area contributed by atoms with Crippen LogP contribution >= 0.6 is 30.4 Å². The number of hydrogen-bond acceptors (Lipinski definition) is 7. The Balaban J connectivity index is 1.66. The molecule has 1 aromatic carbocycles. The topological polar surface area (TPSA) is 102 Å². The Hall–Kier alpha value is -1.66. The first-order chi connectivity index (χ1) is 13.5. The second-order valence-electron chi connectivity index (χ2n) is 6.42. The van der Waals surface area contributed by atoms with Crippen LogP contribution < -0.4 is 10.1 Å². The van der Waals surface area contributed by atoms with Gasteiger partial charge in [0, 0.05) is 27.6 Å². The number of nitrogens with one attached hydrogen (secondary N) is 1. The number of piperidine rings is 1. The fourth-order valence-electron chi connectivity index (χ4n) is 3.26. The van der Waals surface area contributed by atoms with E-state index in [0.717, 1.165) is 24.2 Å². The third-order valence-corrected chi connectivity index (χ3v) is 5.62. The van der Waals surface area contributed by atoms with Gasteiger partial charge in [0.2, 0.25) is 11.8 Å². The maximum atomic E-state index is 12.9. The van der Waals surface area contributed by atoms with Crippen molar-refractivity contribution in [1.29, 1.82) is 0 Å². The predicted octanol–water partition coefficient (Wildman–Crippen LogP) is 2.65. The molecule has 4 amide bonds. The number of ether oxygens (including phenoxy) is 1. The van der Waals surface area contributed by atoms with E-state index in [4.69, 9.17) is 8.92 Å². The van der Waals surface area contributed by atoms with Crippen molar-refractivity contribution in [2.24, 2.45) is 0 Å². The van der Waals surface area contributed by atoms with Gasteiger partial charge in [0.15, 0.2) is 0 Å². The van der Waals surface area contributed by atoms with Crippen molar-refractivity contribution in [1.82, 2.24) is 10.2 Å². The van der Waals surface area contributed by atoms with Crippen LogP contribution in [0.25, 0.3) is 0 Å². The molecule has 1 atom stereocenters. The zero-order valence-corrected chi connectivity index (χ0v) is 17.9. The monoisotopic (exact) mass is 518 g/mol. The molecule has 0 saturated carbocycles. The molecule has 10 heteroatoms. The van der Waals surface area contributed by atoms with Crippen LogP contribution in [0.3, 0.4) is 0 Å². The van der Waals surface area contributed by atoms with Gasteiger partial charge in [0.1, 0.15) is 11.8 Å². The molecule has 3 rings (SSSR count). The normalized spacial score (nSPS) is 19.0. The molecule has 8 nitrogen and oxygen atoms in total. The SMILES string of the molecule is O=C1CCC(N2C(=O)c3cccc(OCCCCCOSI)c3C2=O)C(=O)N1. The first-order valence-electron chi connectivity index (χ1n) is 8.92. The lowest BCUT2D eigenvalue weighted by Crippen LogP contribution is -2.54. The summed E-state index contributed by atoms with van der Waals surface area (Å²) in [4.78, 5) is 50.0.